The minimum absolute atomic E-state index is 0.151. The standard InChI is InChI=1S/C13H19ClN2O/c1-9-5-6-13(17-9)12(16-15)8-10-3-2-4-11(14)7-10/h2-4,7,9,12-13,16H,5-6,8,15H2,1H3. The van der Waals surface area contributed by atoms with E-state index in [1.165, 1.54) is 5.56 Å². The monoisotopic (exact) mass is 254 g/mol. The van der Waals surface area contributed by atoms with Gasteiger partial charge in [-0.25, -0.2) is 0 Å². The number of hydrogen-bond acceptors (Lipinski definition) is 3. The molecule has 3 atom stereocenters. The summed E-state index contributed by atoms with van der Waals surface area (Å²) in [6, 6.07) is 8.03. The lowest BCUT2D eigenvalue weighted by Crippen LogP contribution is -2.45. The van der Waals surface area contributed by atoms with Crippen LogP contribution < -0.4 is 11.3 Å². The molecule has 2 rings (SSSR count). The Labute approximate surface area is 107 Å². The number of hydrogen-bond donors (Lipinski definition) is 2. The summed E-state index contributed by atoms with van der Waals surface area (Å²) in [5, 5.41) is 0.763. The van der Waals surface area contributed by atoms with Crippen LogP contribution in [0.3, 0.4) is 0 Å². The first-order valence-corrected chi connectivity index (χ1v) is 6.43. The molecule has 1 aliphatic heterocycles. The number of hydrazine groups is 1. The van der Waals surface area contributed by atoms with Crippen LogP contribution in [0.4, 0.5) is 0 Å². The lowest BCUT2D eigenvalue weighted by molar-refractivity contribution is 0.0320. The summed E-state index contributed by atoms with van der Waals surface area (Å²) in [5.41, 5.74) is 4.05. The van der Waals surface area contributed by atoms with E-state index in [0.717, 1.165) is 24.3 Å². The van der Waals surface area contributed by atoms with Gasteiger partial charge in [-0.15, -0.1) is 0 Å². The summed E-state index contributed by atoms with van der Waals surface area (Å²) in [6.45, 7) is 2.10. The molecule has 0 aromatic heterocycles. The van der Waals surface area contributed by atoms with Crippen molar-refractivity contribution in [2.24, 2.45) is 5.84 Å². The van der Waals surface area contributed by atoms with Gasteiger partial charge in [0.15, 0.2) is 0 Å². The second kappa shape index (κ2) is 5.83. The van der Waals surface area contributed by atoms with Crippen LogP contribution in [0.2, 0.25) is 5.02 Å². The molecule has 0 radical (unpaired) electrons. The summed E-state index contributed by atoms with van der Waals surface area (Å²) in [5.74, 6) is 5.62. The molecule has 4 heteroatoms. The maximum Gasteiger partial charge on any atom is 0.0749 e. The predicted octanol–water partition coefficient (Wildman–Crippen LogP) is 2.28. The predicted molar refractivity (Wildman–Crippen MR) is 69.8 cm³/mol. The average Bonchev–Trinajstić information content (AvgIpc) is 2.73. The van der Waals surface area contributed by atoms with Crippen molar-refractivity contribution in [2.75, 3.05) is 0 Å². The van der Waals surface area contributed by atoms with Crippen LogP contribution in [0.15, 0.2) is 24.3 Å². The van der Waals surface area contributed by atoms with Crippen molar-refractivity contribution in [1.82, 2.24) is 5.43 Å². The van der Waals surface area contributed by atoms with Gasteiger partial charge in [-0.2, -0.15) is 0 Å². The first-order valence-electron chi connectivity index (χ1n) is 6.05. The van der Waals surface area contributed by atoms with Crippen LogP contribution in [-0.4, -0.2) is 18.2 Å². The van der Waals surface area contributed by atoms with Crippen molar-refractivity contribution in [3.63, 3.8) is 0 Å². The van der Waals surface area contributed by atoms with Crippen molar-refractivity contribution in [3.05, 3.63) is 34.9 Å². The molecule has 3 N–H and O–H groups in total. The molecule has 0 amide bonds. The number of benzene rings is 1. The summed E-state index contributed by atoms with van der Waals surface area (Å²) < 4.78 is 5.84. The maximum atomic E-state index is 5.97. The Bertz CT molecular complexity index is 372. The van der Waals surface area contributed by atoms with Gasteiger partial charge in [-0.1, -0.05) is 23.7 Å². The molecule has 1 aliphatic rings. The van der Waals surface area contributed by atoms with Gasteiger partial charge in [0, 0.05) is 5.02 Å². The fourth-order valence-electron chi connectivity index (χ4n) is 2.35. The molecule has 3 unspecified atom stereocenters. The van der Waals surface area contributed by atoms with Gasteiger partial charge in [-0.05, 0) is 43.9 Å². The summed E-state index contributed by atoms with van der Waals surface area (Å²) in [6.07, 6.45) is 3.56. The van der Waals surface area contributed by atoms with Gasteiger partial charge in [0.1, 0.15) is 0 Å². The highest BCUT2D eigenvalue weighted by Gasteiger charge is 2.28. The highest BCUT2D eigenvalue weighted by atomic mass is 35.5. The molecule has 1 fully saturated rings. The molecule has 17 heavy (non-hydrogen) atoms. The van der Waals surface area contributed by atoms with E-state index in [1.54, 1.807) is 0 Å². The van der Waals surface area contributed by atoms with E-state index >= 15 is 0 Å². The SMILES string of the molecule is CC1CCC(C(Cc2cccc(Cl)c2)NN)O1. The maximum absolute atomic E-state index is 5.97. The van der Waals surface area contributed by atoms with E-state index < -0.39 is 0 Å². The topological polar surface area (TPSA) is 47.3 Å². The van der Waals surface area contributed by atoms with Crippen molar-refractivity contribution < 1.29 is 4.74 Å². The Kier molecular flexibility index (Phi) is 4.40. The smallest absolute Gasteiger partial charge is 0.0749 e. The van der Waals surface area contributed by atoms with Gasteiger partial charge in [0.05, 0.1) is 18.2 Å². The van der Waals surface area contributed by atoms with Crippen molar-refractivity contribution in [3.8, 4) is 0 Å². The van der Waals surface area contributed by atoms with Gasteiger partial charge in [0.2, 0.25) is 0 Å². The fraction of sp³-hybridized carbons (Fsp3) is 0.538. The largest absolute Gasteiger partial charge is 0.374 e. The van der Waals surface area contributed by atoms with Gasteiger partial charge in [-0.3, -0.25) is 11.3 Å². The molecule has 0 spiro atoms. The molecule has 94 valence electrons. The Balaban J connectivity index is 2.00. The molecule has 0 bridgehead atoms. The minimum Gasteiger partial charge on any atom is -0.374 e. The molecule has 1 aromatic rings. The highest BCUT2D eigenvalue weighted by Crippen LogP contribution is 2.23. The molecule has 1 heterocycles. The fourth-order valence-corrected chi connectivity index (χ4v) is 2.56. The van der Waals surface area contributed by atoms with Crippen molar-refractivity contribution in [1.29, 1.82) is 0 Å². The van der Waals surface area contributed by atoms with Crippen LogP contribution >= 0.6 is 11.6 Å². The highest BCUT2D eigenvalue weighted by molar-refractivity contribution is 6.30. The number of nitrogens with two attached hydrogens (primary N) is 1. The molecule has 1 aromatic carbocycles. The van der Waals surface area contributed by atoms with E-state index in [1.807, 2.05) is 18.2 Å². The number of rotatable bonds is 4. The number of halogens is 1. The van der Waals surface area contributed by atoms with Crippen molar-refractivity contribution >= 4 is 11.6 Å². The van der Waals surface area contributed by atoms with Gasteiger partial charge >= 0.3 is 0 Å². The van der Waals surface area contributed by atoms with Crippen LogP contribution in [0.1, 0.15) is 25.3 Å². The van der Waals surface area contributed by atoms with Gasteiger partial charge in [0.25, 0.3) is 0 Å². The van der Waals surface area contributed by atoms with Crippen LogP contribution in [0.5, 0.6) is 0 Å². The second-order valence-corrected chi connectivity index (χ2v) is 5.11. The average molecular weight is 255 g/mol. The summed E-state index contributed by atoms with van der Waals surface area (Å²) >= 11 is 5.97. The van der Waals surface area contributed by atoms with Crippen molar-refractivity contribution in [2.45, 2.75) is 44.4 Å². The quantitative estimate of drug-likeness (QED) is 0.640. The third-order valence-corrected chi connectivity index (χ3v) is 3.51. The zero-order chi connectivity index (χ0) is 12.3. The number of ether oxygens (including phenoxy) is 1. The zero-order valence-electron chi connectivity index (χ0n) is 10.0. The Morgan fingerprint density at radius 1 is 1.53 bits per heavy atom. The van der Waals surface area contributed by atoms with E-state index in [-0.39, 0.29) is 12.1 Å². The molecule has 0 saturated carbocycles. The van der Waals surface area contributed by atoms with E-state index in [4.69, 9.17) is 22.2 Å². The van der Waals surface area contributed by atoms with E-state index in [2.05, 4.69) is 18.4 Å². The Hall–Kier alpha value is -0.610. The molecule has 3 nitrogen and oxygen atoms in total. The Morgan fingerprint density at radius 2 is 2.35 bits per heavy atom. The minimum atomic E-state index is 0.151. The first-order chi connectivity index (χ1) is 8.19. The third-order valence-electron chi connectivity index (χ3n) is 3.27. The molecular weight excluding hydrogens is 236 g/mol. The molecule has 1 saturated heterocycles. The van der Waals surface area contributed by atoms with Gasteiger partial charge < -0.3 is 4.74 Å². The second-order valence-electron chi connectivity index (χ2n) is 4.67. The lowest BCUT2D eigenvalue weighted by atomic mass is 10.00. The van der Waals surface area contributed by atoms with Crippen LogP contribution in [-0.2, 0) is 11.2 Å². The first kappa shape index (κ1) is 12.8. The number of nitrogens with one attached hydrogen (secondary N) is 1. The van der Waals surface area contributed by atoms with E-state index in [0.29, 0.717) is 6.10 Å². The summed E-state index contributed by atoms with van der Waals surface area (Å²) in [7, 11) is 0. The van der Waals surface area contributed by atoms with E-state index in [9.17, 15) is 0 Å². The molecular formula is C13H19ClN2O. The summed E-state index contributed by atoms with van der Waals surface area (Å²) in [4.78, 5) is 0. The third kappa shape index (κ3) is 3.42. The zero-order valence-corrected chi connectivity index (χ0v) is 10.8. The van der Waals surface area contributed by atoms with Crippen LogP contribution in [0.25, 0.3) is 0 Å². The lowest BCUT2D eigenvalue weighted by Gasteiger charge is -2.23. The normalized spacial score (nSPS) is 26.1. The Morgan fingerprint density at radius 3 is 2.94 bits per heavy atom. The van der Waals surface area contributed by atoms with Crippen LogP contribution in [0, 0.1) is 0 Å². The molecule has 0 aliphatic carbocycles.